The number of halogens is 2. The highest BCUT2D eigenvalue weighted by molar-refractivity contribution is 9.10. The van der Waals surface area contributed by atoms with Gasteiger partial charge < -0.3 is 15.6 Å². The number of methoxy groups -OCH3 is 1. The second-order valence-corrected chi connectivity index (χ2v) is 10.0. The number of rotatable bonds is 3. The number of nitriles is 1. The first-order chi connectivity index (χ1) is 14.7. The molecule has 0 saturated heterocycles. The number of ether oxygens (including phenoxy) is 1. The SMILES string of the molecule is COc1cc([C@H]2C(C#N)=C(N)N(c3ccc(F)cc3)C3=C2S(=O)(=O)CC3)cc(Br)c1O. The van der Waals surface area contributed by atoms with Crippen LogP contribution in [0.3, 0.4) is 0 Å². The normalized spacial score (nSPS) is 19.9. The highest BCUT2D eigenvalue weighted by atomic mass is 79.9. The molecule has 0 unspecified atom stereocenters. The summed E-state index contributed by atoms with van der Waals surface area (Å²) in [6.45, 7) is 0. The fraction of sp³-hybridized carbons (Fsp3) is 0.190. The lowest BCUT2D eigenvalue weighted by Crippen LogP contribution is -2.34. The van der Waals surface area contributed by atoms with Gasteiger partial charge in [0.2, 0.25) is 0 Å². The standard InChI is InChI=1S/C21H17BrFN3O4S/c1-30-17-9-11(8-15(22)19(17)27)18-14(10-24)21(25)26(13-4-2-12(23)3-5-13)16-6-7-31(28,29)20(16)18/h2-5,8-9,18,27H,6-7,25H2,1H3/t18-/m0/s1. The van der Waals surface area contributed by atoms with Crippen molar-refractivity contribution in [3.8, 4) is 17.6 Å². The Hall–Kier alpha value is -3.03. The zero-order chi connectivity index (χ0) is 22.5. The maximum atomic E-state index is 13.5. The number of benzene rings is 2. The molecule has 0 amide bonds. The van der Waals surface area contributed by atoms with Gasteiger partial charge in [0, 0.05) is 17.8 Å². The van der Waals surface area contributed by atoms with E-state index >= 15 is 0 Å². The second-order valence-electron chi connectivity index (χ2n) is 7.09. The van der Waals surface area contributed by atoms with Gasteiger partial charge in [-0.15, -0.1) is 0 Å². The van der Waals surface area contributed by atoms with Crippen LogP contribution < -0.4 is 15.4 Å². The van der Waals surface area contributed by atoms with Crippen molar-refractivity contribution in [3.63, 3.8) is 0 Å². The van der Waals surface area contributed by atoms with Crippen molar-refractivity contribution in [3.05, 3.63) is 74.2 Å². The van der Waals surface area contributed by atoms with Gasteiger partial charge in [-0.1, -0.05) is 0 Å². The molecule has 31 heavy (non-hydrogen) atoms. The number of hydrogen-bond donors (Lipinski definition) is 2. The number of nitrogens with two attached hydrogens (primary N) is 1. The molecule has 0 bridgehead atoms. The summed E-state index contributed by atoms with van der Waals surface area (Å²) in [5.74, 6) is -1.49. The van der Waals surface area contributed by atoms with Crippen LogP contribution in [0.5, 0.6) is 11.5 Å². The van der Waals surface area contributed by atoms with Crippen LogP contribution in [0.1, 0.15) is 17.9 Å². The largest absolute Gasteiger partial charge is 0.503 e. The number of phenols is 1. The van der Waals surface area contributed by atoms with E-state index < -0.39 is 21.6 Å². The lowest BCUT2D eigenvalue weighted by atomic mass is 9.87. The minimum atomic E-state index is -3.70. The van der Waals surface area contributed by atoms with E-state index in [-0.39, 0.29) is 44.4 Å². The van der Waals surface area contributed by atoms with Gasteiger partial charge in [-0.05, 0) is 57.9 Å². The van der Waals surface area contributed by atoms with Gasteiger partial charge in [0.15, 0.2) is 21.3 Å². The van der Waals surface area contributed by atoms with Gasteiger partial charge in [0.25, 0.3) is 0 Å². The van der Waals surface area contributed by atoms with E-state index in [9.17, 15) is 23.2 Å². The van der Waals surface area contributed by atoms with Crippen LogP contribution in [0.15, 0.2) is 62.9 Å². The number of aromatic hydroxyl groups is 1. The molecule has 2 aliphatic heterocycles. The molecular formula is C21H17BrFN3O4S. The third-order valence-corrected chi connectivity index (χ3v) is 7.86. The van der Waals surface area contributed by atoms with Crippen molar-refractivity contribution in [2.75, 3.05) is 17.8 Å². The fourth-order valence-corrected chi connectivity index (χ4v) is 6.30. The number of allylic oxidation sites excluding steroid dienone is 3. The van der Waals surface area contributed by atoms with Crippen molar-refractivity contribution in [1.29, 1.82) is 5.26 Å². The minimum absolute atomic E-state index is 0.0354. The molecule has 1 atom stereocenters. The van der Waals surface area contributed by atoms with E-state index in [1.165, 1.54) is 42.3 Å². The highest BCUT2D eigenvalue weighted by Gasteiger charge is 2.45. The Balaban J connectivity index is 2.01. The molecule has 7 nitrogen and oxygen atoms in total. The van der Waals surface area contributed by atoms with Crippen LogP contribution in [-0.4, -0.2) is 26.4 Å². The van der Waals surface area contributed by atoms with Crippen molar-refractivity contribution in [2.24, 2.45) is 5.73 Å². The van der Waals surface area contributed by atoms with Crippen LogP contribution in [0.2, 0.25) is 0 Å². The first-order valence-electron chi connectivity index (χ1n) is 9.17. The molecule has 2 aromatic carbocycles. The summed E-state index contributed by atoms with van der Waals surface area (Å²) in [7, 11) is -2.33. The Morgan fingerprint density at radius 1 is 1.32 bits per heavy atom. The molecule has 0 radical (unpaired) electrons. The van der Waals surface area contributed by atoms with Crippen molar-refractivity contribution in [1.82, 2.24) is 0 Å². The van der Waals surface area contributed by atoms with E-state index in [2.05, 4.69) is 22.0 Å². The number of anilines is 1. The number of hydrogen-bond acceptors (Lipinski definition) is 7. The van der Waals surface area contributed by atoms with Crippen molar-refractivity contribution in [2.45, 2.75) is 12.3 Å². The van der Waals surface area contributed by atoms with Gasteiger partial charge in [-0.3, -0.25) is 4.90 Å². The molecule has 0 aliphatic carbocycles. The molecule has 160 valence electrons. The molecule has 2 aliphatic rings. The van der Waals surface area contributed by atoms with Crippen LogP contribution >= 0.6 is 15.9 Å². The van der Waals surface area contributed by atoms with Gasteiger partial charge in [0.1, 0.15) is 11.6 Å². The van der Waals surface area contributed by atoms with Gasteiger partial charge in [0.05, 0.1) is 39.8 Å². The summed E-state index contributed by atoms with van der Waals surface area (Å²) < 4.78 is 45.1. The monoisotopic (exact) mass is 505 g/mol. The highest BCUT2D eigenvalue weighted by Crippen LogP contribution is 2.50. The molecule has 4 rings (SSSR count). The quantitative estimate of drug-likeness (QED) is 0.653. The molecule has 0 aromatic heterocycles. The summed E-state index contributed by atoms with van der Waals surface area (Å²) in [6.07, 6.45) is 0.196. The van der Waals surface area contributed by atoms with Crippen molar-refractivity contribution >= 4 is 31.5 Å². The fourth-order valence-electron chi connectivity index (χ4n) is 4.00. The Kier molecular flexibility index (Phi) is 5.19. The lowest BCUT2D eigenvalue weighted by molar-refractivity contribution is 0.371. The summed E-state index contributed by atoms with van der Waals surface area (Å²) in [5, 5.41) is 20.1. The van der Waals surface area contributed by atoms with E-state index in [0.29, 0.717) is 16.9 Å². The average molecular weight is 506 g/mol. The van der Waals surface area contributed by atoms with E-state index in [1.807, 2.05) is 0 Å². The summed E-state index contributed by atoms with van der Waals surface area (Å²) in [5.41, 5.74) is 7.74. The summed E-state index contributed by atoms with van der Waals surface area (Å²) in [6, 6.07) is 10.5. The first-order valence-corrected chi connectivity index (χ1v) is 11.6. The molecule has 0 fully saturated rings. The second kappa shape index (κ2) is 7.59. The average Bonchev–Trinajstić information content (AvgIpc) is 3.04. The Bertz CT molecular complexity index is 1300. The van der Waals surface area contributed by atoms with Crippen LogP contribution in [0.4, 0.5) is 10.1 Å². The molecule has 3 N–H and O–H groups in total. The lowest BCUT2D eigenvalue weighted by Gasteiger charge is -2.35. The molecule has 10 heteroatoms. The molecule has 0 saturated carbocycles. The summed E-state index contributed by atoms with van der Waals surface area (Å²) in [4.78, 5) is 1.57. The topological polar surface area (TPSA) is 117 Å². The van der Waals surface area contributed by atoms with Gasteiger partial charge in [-0.2, -0.15) is 5.26 Å². The van der Waals surface area contributed by atoms with Crippen LogP contribution in [0.25, 0.3) is 0 Å². The smallest absolute Gasteiger partial charge is 0.177 e. The van der Waals surface area contributed by atoms with E-state index in [4.69, 9.17) is 10.5 Å². The van der Waals surface area contributed by atoms with Gasteiger partial charge in [-0.25, -0.2) is 12.8 Å². The number of nitrogens with zero attached hydrogens (tertiary/aromatic N) is 2. The van der Waals surface area contributed by atoms with Crippen LogP contribution in [0, 0.1) is 17.1 Å². The maximum absolute atomic E-state index is 13.5. The number of sulfone groups is 1. The predicted octanol–water partition coefficient (Wildman–Crippen LogP) is 3.63. The Morgan fingerprint density at radius 3 is 2.61 bits per heavy atom. The third-order valence-electron chi connectivity index (χ3n) is 5.37. The van der Waals surface area contributed by atoms with Crippen molar-refractivity contribution < 1.29 is 22.7 Å². The molecular weight excluding hydrogens is 489 g/mol. The Labute approximate surface area is 186 Å². The number of phenolic OH excluding ortho intramolecular Hbond substituents is 1. The minimum Gasteiger partial charge on any atom is -0.503 e. The zero-order valence-electron chi connectivity index (χ0n) is 16.3. The molecule has 0 spiro atoms. The van der Waals surface area contributed by atoms with Gasteiger partial charge >= 0.3 is 0 Å². The first kappa shape index (κ1) is 21.2. The molecule has 2 heterocycles. The third kappa shape index (κ3) is 3.34. The Morgan fingerprint density at radius 2 is 2.00 bits per heavy atom. The van der Waals surface area contributed by atoms with E-state index in [0.717, 1.165) is 0 Å². The maximum Gasteiger partial charge on any atom is 0.177 e. The zero-order valence-corrected chi connectivity index (χ0v) is 18.7. The van der Waals surface area contributed by atoms with Crippen LogP contribution in [-0.2, 0) is 9.84 Å². The van der Waals surface area contributed by atoms with E-state index in [1.54, 1.807) is 6.07 Å². The predicted molar refractivity (Wildman–Crippen MR) is 116 cm³/mol. The summed E-state index contributed by atoms with van der Waals surface area (Å²) >= 11 is 3.25. The molecule has 2 aromatic rings.